The van der Waals surface area contributed by atoms with E-state index >= 15 is 0 Å². The second-order valence-corrected chi connectivity index (χ2v) is 9.80. The van der Waals surface area contributed by atoms with Crippen molar-refractivity contribution in [2.75, 3.05) is 23.0 Å². The van der Waals surface area contributed by atoms with E-state index in [0.717, 1.165) is 0 Å². The molecule has 2 aromatic rings. The van der Waals surface area contributed by atoms with Gasteiger partial charge in [-0.3, -0.25) is 0 Å². The number of amides is 1. The number of ether oxygens (including phenoxy) is 1. The molecule has 1 aromatic carbocycles. The molecule has 0 saturated carbocycles. The van der Waals surface area contributed by atoms with E-state index < -0.39 is 21.9 Å². The van der Waals surface area contributed by atoms with Crippen molar-refractivity contribution in [1.29, 1.82) is 0 Å². The van der Waals surface area contributed by atoms with E-state index in [1.54, 1.807) is 51.2 Å². The van der Waals surface area contributed by atoms with E-state index in [1.807, 2.05) is 6.92 Å². The van der Waals surface area contributed by atoms with Crippen LogP contribution in [0.5, 0.6) is 0 Å². The van der Waals surface area contributed by atoms with Crippen LogP contribution in [0.15, 0.2) is 44.2 Å². The smallest absolute Gasteiger partial charge is 0.442 e. The molecule has 0 aliphatic carbocycles. The van der Waals surface area contributed by atoms with E-state index in [-0.39, 0.29) is 18.4 Å². The van der Waals surface area contributed by atoms with E-state index in [0.29, 0.717) is 26.8 Å². The SMILES string of the molecule is CCOC(=O)N=S(=O)(CC)c1ccc(Nc2ncc(Br)c(N[C@H](C)[C@@H](C)O)n2)cc1. The standard InChI is InChI=1S/C19H26BrN5O4S/c1-5-29-19(27)25-30(28,6-2)15-9-7-14(8-10-15)23-18-21-11-16(20)17(24-18)22-12(3)13(4)26/h7-13,26H,5-6H2,1-4H3,(H2,21,22,23,24)/t12-,13-,30?/m1/s1. The third kappa shape index (κ3) is 6.38. The van der Waals surface area contributed by atoms with E-state index in [1.165, 1.54) is 0 Å². The Bertz CT molecular complexity index is 991. The molecule has 3 atom stereocenters. The van der Waals surface area contributed by atoms with Crippen LogP contribution in [0.2, 0.25) is 0 Å². The number of hydrogen-bond acceptors (Lipinski definition) is 8. The number of nitrogens with zero attached hydrogens (tertiary/aromatic N) is 3. The van der Waals surface area contributed by atoms with Gasteiger partial charge in [-0.15, -0.1) is 4.36 Å². The van der Waals surface area contributed by atoms with Gasteiger partial charge >= 0.3 is 6.09 Å². The first-order valence-electron chi connectivity index (χ1n) is 9.44. The topological polar surface area (TPSA) is 126 Å². The van der Waals surface area contributed by atoms with Crippen molar-refractivity contribution in [3.05, 3.63) is 34.9 Å². The van der Waals surface area contributed by atoms with Gasteiger partial charge in [0.05, 0.1) is 33.0 Å². The number of carbonyl (C=O) groups excluding carboxylic acids is 1. The number of nitrogens with one attached hydrogen (secondary N) is 2. The third-order valence-corrected chi connectivity index (χ3v) is 7.01. The fraction of sp³-hybridized carbons (Fsp3) is 0.421. The molecule has 0 radical (unpaired) electrons. The largest absolute Gasteiger partial charge is 0.448 e. The summed E-state index contributed by atoms with van der Waals surface area (Å²) in [7, 11) is -2.90. The van der Waals surface area contributed by atoms with Gasteiger partial charge in [0.1, 0.15) is 5.82 Å². The Labute approximate surface area is 185 Å². The van der Waals surface area contributed by atoms with Gasteiger partial charge in [0.15, 0.2) is 0 Å². The number of halogens is 1. The van der Waals surface area contributed by atoms with Gasteiger partial charge in [-0.05, 0) is 61.0 Å². The summed E-state index contributed by atoms with van der Waals surface area (Å²) in [4.78, 5) is 20.7. The Balaban J connectivity index is 2.22. The molecular formula is C19H26BrN5O4S. The summed E-state index contributed by atoms with van der Waals surface area (Å²) in [5.41, 5.74) is 0.671. The lowest BCUT2D eigenvalue weighted by Crippen LogP contribution is -2.28. The summed E-state index contributed by atoms with van der Waals surface area (Å²) in [5.74, 6) is 1.07. The predicted molar refractivity (Wildman–Crippen MR) is 121 cm³/mol. The highest BCUT2D eigenvalue weighted by Gasteiger charge is 2.15. The molecule has 0 saturated heterocycles. The lowest BCUT2D eigenvalue weighted by molar-refractivity contribution is 0.164. The molecule has 0 bridgehead atoms. The number of aliphatic hydroxyl groups excluding tert-OH is 1. The second-order valence-electron chi connectivity index (χ2n) is 6.43. The van der Waals surface area contributed by atoms with Gasteiger partial charge in [-0.25, -0.2) is 14.0 Å². The van der Waals surface area contributed by atoms with Crippen molar-refractivity contribution in [3.8, 4) is 0 Å². The van der Waals surface area contributed by atoms with E-state index in [9.17, 15) is 14.1 Å². The highest BCUT2D eigenvalue weighted by atomic mass is 79.9. The van der Waals surface area contributed by atoms with Crippen molar-refractivity contribution in [2.24, 2.45) is 4.36 Å². The number of benzene rings is 1. The zero-order chi connectivity index (χ0) is 22.3. The van der Waals surface area contributed by atoms with Gasteiger partial charge in [-0.1, -0.05) is 6.92 Å². The summed E-state index contributed by atoms with van der Waals surface area (Å²) >= 11 is 3.39. The molecule has 164 valence electrons. The van der Waals surface area contributed by atoms with Crippen molar-refractivity contribution in [2.45, 2.75) is 44.7 Å². The van der Waals surface area contributed by atoms with Crippen LogP contribution in [0, 0.1) is 0 Å². The first-order chi connectivity index (χ1) is 14.2. The number of carbonyl (C=O) groups is 1. The monoisotopic (exact) mass is 499 g/mol. The number of hydrogen-bond donors (Lipinski definition) is 3. The van der Waals surface area contributed by atoms with Gasteiger partial charge in [0, 0.05) is 22.5 Å². The zero-order valence-corrected chi connectivity index (χ0v) is 19.7. The molecule has 9 nitrogen and oxygen atoms in total. The van der Waals surface area contributed by atoms with Crippen molar-refractivity contribution in [1.82, 2.24) is 9.97 Å². The lowest BCUT2D eigenvalue weighted by atomic mass is 10.2. The van der Waals surface area contributed by atoms with E-state index in [4.69, 9.17) is 4.74 Å². The molecule has 3 N–H and O–H groups in total. The maximum absolute atomic E-state index is 13.0. The summed E-state index contributed by atoms with van der Waals surface area (Å²) in [6, 6.07) is 6.51. The maximum Gasteiger partial charge on any atom is 0.442 e. The Kier molecular flexibility index (Phi) is 8.56. The average Bonchev–Trinajstić information content (AvgIpc) is 2.71. The Hall–Kier alpha value is -2.24. The normalized spacial score (nSPS) is 14.9. The van der Waals surface area contributed by atoms with Crippen LogP contribution in [-0.4, -0.2) is 49.9 Å². The first kappa shape index (κ1) is 24.0. The first-order valence-corrected chi connectivity index (χ1v) is 11.9. The molecule has 1 unspecified atom stereocenters. The number of anilines is 3. The Morgan fingerprint density at radius 1 is 1.30 bits per heavy atom. The third-order valence-electron chi connectivity index (χ3n) is 4.19. The van der Waals surface area contributed by atoms with Crippen molar-refractivity contribution in [3.63, 3.8) is 0 Å². The zero-order valence-electron chi connectivity index (χ0n) is 17.3. The molecule has 1 aromatic heterocycles. The minimum absolute atomic E-state index is 0.171. The van der Waals surface area contributed by atoms with Gasteiger partial charge < -0.3 is 20.5 Å². The average molecular weight is 500 g/mol. The molecule has 30 heavy (non-hydrogen) atoms. The molecule has 1 amide bonds. The van der Waals surface area contributed by atoms with Gasteiger partial charge in [-0.2, -0.15) is 4.98 Å². The molecule has 2 rings (SSSR count). The summed E-state index contributed by atoms with van der Waals surface area (Å²) in [5, 5.41) is 15.9. The molecule has 11 heteroatoms. The van der Waals surface area contributed by atoms with Crippen LogP contribution in [0.3, 0.4) is 0 Å². The second kappa shape index (κ2) is 10.7. The molecular weight excluding hydrogens is 474 g/mol. The van der Waals surface area contributed by atoms with Crippen LogP contribution in [0.25, 0.3) is 0 Å². The molecule has 0 spiro atoms. The van der Waals surface area contributed by atoms with Crippen LogP contribution < -0.4 is 10.6 Å². The number of aliphatic hydroxyl groups is 1. The van der Waals surface area contributed by atoms with Crippen LogP contribution >= 0.6 is 15.9 Å². The molecule has 1 heterocycles. The molecule has 0 aliphatic heterocycles. The predicted octanol–water partition coefficient (Wildman–Crippen LogP) is 4.17. The highest BCUT2D eigenvalue weighted by Crippen LogP contribution is 2.24. The Morgan fingerprint density at radius 3 is 2.53 bits per heavy atom. The van der Waals surface area contributed by atoms with Crippen molar-refractivity contribution < 1.29 is 18.8 Å². The van der Waals surface area contributed by atoms with Crippen LogP contribution in [-0.2, 0) is 14.5 Å². The number of rotatable bonds is 8. The van der Waals surface area contributed by atoms with Crippen molar-refractivity contribution >= 4 is 49.2 Å². The summed E-state index contributed by atoms with van der Waals surface area (Å²) < 4.78 is 22.2. The van der Waals surface area contributed by atoms with Gasteiger partial charge in [0.2, 0.25) is 5.95 Å². The fourth-order valence-electron chi connectivity index (χ4n) is 2.30. The molecule has 0 fully saturated rings. The minimum Gasteiger partial charge on any atom is -0.448 e. The van der Waals surface area contributed by atoms with Gasteiger partial charge in [0.25, 0.3) is 0 Å². The fourth-order valence-corrected chi connectivity index (χ4v) is 4.03. The van der Waals surface area contributed by atoms with E-state index in [2.05, 4.69) is 40.9 Å². The molecule has 0 aliphatic rings. The maximum atomic E-state index is 13.0. The highest BCUT2D eigenvalue weighted by molar-refractivity contribution is 9.10. The minimum atomic E-state index is -2.90. The quantitative estimate of drug-likeness (QED) is 0.493. The van der Waals surface area contributed by atoms with Crippen LogP contribution in [0.4, 0.5) is 22.2 Å². The lowest BCUT2D eigenvalue weighted by Gasteiger charge is -2.18. The van der Waals surface area contributed by atoms with Crippen LogP contribution in [0.1, 0.15) is 27.7 Å². The Morgan fingerprint density at radius 2 is 1.97 bits per heavy atom. The number of aromatic nitrogens is 2. The summed E-state index contributed by atoms with van der Waals surface area (Å²) in [6.07, 6.45) is 0.216. The summed E-state index contributed by atoms with van der Waals surface area (Å²) in [6.45, 7) is 7.08.